The summed E-state index contributed by atoms with van der Waals surface area (Å²) in [6.45, 7) is 16.5. The monoisotopic (exact) mass is 372 g/mol. The molecule has 0 spiro atoms. The Balaban J connectivity index is 2.56. The highest BCUT2D eigenvalue weighted by atomic mass is 28.4. The molecule has 0 aliphatic heterocycles. The van der Waals surface area contributed by atoms with Gasteiger partial charge in [0.1, 0.15) is 11.5 Å². The summed E-state index contributed by atoms with van der Waals surface area (Å²) in [5, 5.41) is 21.2. The van der Waals surface area contributed by atoms with Crippen LogP contribution in [0.5, 0.6) is 11.5 Å². The number of rotatable bonds is 4. The minimum absolute atomic E-state index is 0.0930. The number of phenolic OH excluding ortho intramolecular Hbond substituents is 1. The van der Waals surface area contributed by atoms with Crippen LogP contribution in [0, 0.1) is 6.92 Å². The first-order valence-corrected chi connectivity index (χ1v) is 12.0. The summed E-state index contributed by atoms with van der Waals surface area (Å²) in [4.78, 5) is 0. The summed E-state index contributed by atoms with van der Waals surface area (Å²) < 4.78 is 6.41. The molecule has 0 radical (unpaired) electrons. The summed E-state index contributed by atoms with van der Waals surface area (Å²) in [5.74, 6) is 0.984. The molecule has 0 saturated carbocycles. The molecule has 0 saturated heterocycles. The van der Waals surface area contributed by atoms with Crippen molar-refractivity contribution in [3.63, 3.8) is 0 Å². The van der Waals surface area contributed by atoms with Gasteiger partial charge in [-0.15, -0.1) is 0 Å². The molecule has 2 aromatic carbocycles. The lowest BCUT2D eigenvalue weighted by Crippen LogP contribution is -2.43. The number of aromatic hydroxyl groups is 1. The number of hydrogen-bond acceptors (Lipinski definition) is 3. The molecule has 0 atom stereocenters. The van der Waals surface area contributed by atoms with Gasteiger partial charge in [-0.1, -0.05) is 39.0 Å². The highest BCUT2D eigenvalue weighted by molar-refractivity contribution is 6.74. The molecule has 3 nitrogen and oxygen atoms in total. The van der Waals surface area contributed by atoms with Crippen molar-refractivity contribution in [3.05, 3.63) is 47.5 Å². The number of benzene rings is 2. The van der Waals surface area contributed by atoms with E-state index < -0.39 is 13.9 Å². The minimum Gasteiger partial charge on any atom is -0.543 e. The van der Waals surface area contributed by atoms with Crippen molar-refractivity contribution in [2.75, 3.05) is 0 Å². The first-order chi connectivity index (χ1) is 11.7. The zero-order chi connectivity index (χ0) is 19.9. The Hall–Kier alpha value is -1.78. The molecule has 0 fully saturated rings. The molecule has 142 valence electrons. The Kier molecular flexibility index (Phi) is 5.33. The van der Waals surface area contributed by atoms with Gasteiger partial charge in [-0.2, -0.15) is 0 Å². The average molecular weight is 373 g/mol. The van der Waals surface area contributed by atoms with Crippen molar-refractivity contribution in [2.24, 2.45) is 0 Å². The van der Waals surface area contributed by atoms with Crippen LogP contribution in [0.15, 0.2) is 36.4 Å². The third-order valence-corrected chi connectivity index (χ3v) is 9.63. The van der Waals surface area contributed by atoms with E-state index in [4.69, 9.17) is 4.43 Å². The summed E-state index contributed by atoms with van der Waals surface area (Å²) >= 11 is 0. The maximum Gasteiger partial charge on any atom is 0.250 e. The van der Waals surface area contributed by atoms with E-state index in [1.54, 1.807) is 19.9 Å². The van der Waals surface area contributed by atoms with E-state index in [2.05, 4.69) is 33.9 Å². The number of aliphatic hydroxyl groups is 1. The van der Waals surface area contributed by atoms with E-state index in [0.717, 1.165) is 22.4 Å². The second-order valence-electron chi connectivity index (χ2n) is 9.15. The van der Waals surface area contributed by atoms with E-state index >= 15 is 0 Å². The van der Waals surface area contributed by atoms with Crippen LogP contribution in [0.2, 0.25) is 18.1 Å². The van der Waals surface area contributed by atoms with Crippen LogP contribution in [-0.4, -0.2) is 18.5 Å². The standard InChI is InChI=1S/C22H32O3Si/c1-15-9-11-18(20(23)13-15)17-12-10-16(14-19(17)22(5,6)24)25-26(7,8)21(2,3)4/h9-14,23-24H,1-8H3. The Labute approximate surface area is 158 Å². The first-order valence-electron chi connectivity index (χ1n) is 9.08. The van der Waals surface area contributed by atoms with E-state index in [1.165, 1.54) is 0 Å². The number of aryl methyl sites for hydroxylation is 1. The van der Waals surface area contributed by atoms with Gasteiger partial charge in [0, 0.05) is 5.56 Å². The smallest absolute Gasteiger partial charge is 0.250 e. The molecule has 26 heavy (non-hydrogen) atoms. The maximum atomic E-state index is 10.7. The number of hydrogen-bond donors (Lipinski definition) is 2. The molecule has 0 heterocycles. The van der Waals surface area contributed by atoms with E-state index in [-0.39, 0.29) is 10.8 Å². The van der Waals surface area contributed by atoms with Gasteiger partial charge < -0.3 is 14.6 Å². The quantitative estimate of drug-likeness (QED) is 0.649. The third-order valence-electron chi connectivity index (χ3n) is 5.27. The highest BCUT2D eigenvalue weighted by Gasteiger charge is 2.39. The minimum atomic E-state index is -1.97. The van der Waals surface area contributed by atoms with E-state index in [9.17, 15) is 10.2 Å². The lowest BCUT2D eigenvalue weighted by Gasteiger charge is -2.37. The molecule has 0 aliphatic carbocycles. The fourth-order valence-corrected chi connectivity index (χ4v) is 3.67. The van der Waals surface area contributed by atoms with Crippen molar-refractivity contribution in [2.45, 2.75) is 65.3 Å². The van der Waals surface area contributed by atoms with Crippen LogP contribution < -0.4 is 4.43 Å². The summed E-state index contributed by atoms with van der Waals surface area (Å²) in [5.41, 5.74) is 2.21. The molecule has 2 N–H and O–H groups in total. The third kappa shape index (κ3) is 4.30. The molecule has 0 aromatic heterocycles. The van der Waals surface area contributed by atoms with Crippen molar-refractivity contribution in [3.8, 4) is 22.6 Å². The molecule has 0 amide bonds. The molecular weight excluding hydrogens is 340 g/mol. The molecule has 2 aromatic rings. The van der Waals surface area contributed by atoms with E-state index in [1.807, 2.05) is 37.3 Å². The molecule has 0 aliphatic rings. The van der Waals surface area contributed by atoms with Gasteiger partial charge in [-0.3, -0.25) is 0 Å². The summed E-state index contributed by atoms with van der Waals surface area (Å²) in [7, 11) is -1.97. The van der Waals surface area contributed by atoms with Gasteiger partial charge >= 0.3 is 0 Å². The van der Waals surface area contributed by atoms with Crippen LogP contribution >= 0.6 is 0 Å². The van der Waals surface area contributed by atoms with Crippen molar-refractivity contribution in [1.82, 2.24) is 0 Å². The molecular formula is C22H32O3Si. The van der Waals surface area contributed by atoms with Gasteiger partial charge in [0.2, 0.25) is 8.32 Å². The van der Waals surface area contributed by atoms with E-state index in [0.29, 0.717) is 5.56 Å². The Bertz CT molecular complexity index is 796. The van der Waals surface area contributed by atoms with Gasteiger partial charge in [0.15, 0.2) is 0 Å². The molecule has 2 rings (SSSR count). The number of phenols is 1. The summed E-state index contributed by atoms with van der Waals surface area (Å²) in [6.07, 6.45) is 0. The van der Waals surface area contributed by atoms with Crippen LogP contribution in [0.1, 0.15) is 45.7 Å². The Morgan fingerprint density at radius 1 is 0.885 bits per heavy atom. The fourth-order valence-electron chi connectivity index (χ4n) is 2.65. The molecule has 0 bridgehead atoms. The molecule has 4 heteroatoms. The van der Waals surface area contributed by atoms with Gasteiger partial charge in [-0.25, -0.2) is 0 Å². The summed E-state index contributed by atoms with van der Waals surface area (Å²) in [6, 6.07) is 11.4. The predicted molar refractivity (Wildman–Crippen MR) is 111 cm³/mol. The SMILES string of the molecule is Cc1ccc(-c2ccc(O[Si](C)(C)C(C)(C)C)cc2C(C)(C)O)c(O)c1. The second-order valence-corrected chi connectivity index (χ2v) is 13.9. The zero-order valence-electron chi connectivity index (χ0n) is 17.3. The van der Waals surface area contributed by atoms with Gasteiger partial charge in [-0.05, 0) is 73.8 Å². The highest BCUT2D eigenvalue weighted by Crippen LogP contribution is 2.41. The van der Waals surface area contributed by atoms with Crippen LogP contribution in [0.3, 0.4) is 0 Å². The van der Waals surface area contributed by atoms with Crippen molar-refractivity contribution in [1.29, 1.82) is 0 Å². The van der Waals surface area contributed by atoms with Crippen molar-refractivity contribution >= 4 is 8.32 Å². The van der Waals surface area contributed by atoms with Gasteiger partial charge in [0.25, 0.3) is 0 Å². The largest absolute Gasteiger partial charge is 0.543 e. The van der Waals surface area contributed by atoms with Crippen molar-refractivity contribution < 1.29 is 14.6 Å². The Morgan fingerprint density at radius 3 is 1.96 bits per heavy atom. The zero-order valence-corrected chi connectivity index (χ0v) is 18.3. The predicted octanol–water partition coefficient (Wildman–Crippen LogP) is 5.98. The van der Waals surface area contributed by atoms with Crippen LogP contribution in [0.25, 0.3) is 11.1 Å². The average Bonchev–Trinajstić information content (AvgIpc) is 2.45. The normalized spacial score (nSPS) is 13.0. The first kappa shape index (κ1) is 20.5. The van der Waals surface area contributed by atoms with Crippen LogP contribution in [-0.2, 0) is 5.60 Å². The second kappa shape index (κ2) is 6.75. The maximum absolute atomic E-state index is 10.7. The lowest BCUT2D eigenvalue weighted by molar-refractivity contribution is 0.0790. The van der Waals surface area contributed by atoms with Gasteiger partial charge in [0.05, 0.1) is 5.60 Å². The topological polar surface area (TPSA) is 49.7 Å². The van der Waals surface area contributed by atoms with Crippen LogP contribution in [0.4, 0.5) is 0 Å². The Morgan fingerprint density at radius 2 is 1.46 bits per heavy atom. The molecule has 0 unspecified atom stereocenters. The fraction of sp³-hybridized carbons (Fsp3) is 0.455. The lowest BCUT2D eigenvalue weighted by atomic mass is 9.88.